The van der Waals surface area contributed by atoms with Crippen LogP contribution < -0.4 is 10.5 Å². The highest BCUT2D eigenvalue weighted by Gasteiger charge is 2.16. The molecule has 20 heavy (non-hydrogen) atoms. The van der Waals surface area contributed by atoms with E-state index in [2.05, 4.69) is 25.6 Å². The second-order valence-electron chi connectivity index (χ2n) is 4.98. The van der Waals surface area contributed by atoms with Crippen LogP contribution in [0.25, 0.3) is 0 Å². The van der Waals surface area contributed by atoms with Crippen molar-refractivity contribution in [3.8, 4) is 0 Å². The zero-order valence-corrected chi connectivity index (χ0v) is 13.7. The van der Waals surface area contributed by atoms with Crippen molar-refractivity contribution in [2.24, 2.45) is 0 Å². The highest BCUT2D eigenvalue weighted by Crippen LogP contribution is 2.22. The smallest absolute Gasteiger partial charge is 0.240 e. The number of hydrogen-bond donors (Lipinski definition) is 2. The maximum atomic E-state index is 12.1. The molecule has 0 radical (unpaired) electrons. The van der Waals surface area contributed by atoms with Crippen molar-refractivity contribution in [1.82, 2.24) is 9.62 Å². The normalized spacial score (nSPS) is 17.2. The minimum absolute atomic E-state index is 0.205. The van der Waals surface area contributed by atoms with Gasteiger partial charge in [0.1, 0.15) is 0 Å². The minimum Gasteiger partial charge on any atom is -0.398 e. The number of piperidine rings is 1. The van der Waals surface area contributed by atoms with Gasteiger partial charge in [0.25, 0.3) is 0 Å². The number of hydrogen-bond acceptors (Lipinski definition) is 4. The molecule has 3 N–H and O–H groups in total. The monoisotopic (exact) mass is 361 g/mol. The molecule has 1 aromatic carbocycles. The molecule has 0 saturated carbocycles. The molecule has 7 heteroatoms. The molecule has 0 aromatic heterocycles. The molecule has 0 atom stereocenters. The van der Waals surface area contributed by atoms with E-state index in [0.29, 0.717) is 16.7 Å². The summed E-state index contributed by atoms with van der Waals surface area (Å²) in [7, 11) is -3.48. The van der Waals surface area contributed by atoms with Gasteiger partial charge in [-0.3, -0.25) is 0 Å². The lowest BCUT2D eigenvalue weighted by molar-refractivity contribution is 0.233. The van der Waals surface area contributed by atoms with E-state index in [1.54, 1.807) is 12.1 Å². The van der Waals surface area contributed by atoms with Gasteiger partial charge in [-0.05, 0) is 60.1 Å². The molecule has 2 rings (SSSR count). The summed E-state index contributed by atoms with van der Waals surface area (Å²) < 4.78 is 27.6. The van der Waals surface area contributed by atoms with Crippen LogP contribution in [0.3, 0.4) is 0 Å². The second-order valence-corrected chi connectivity index (χ2v) is 7.60. The van der Waals surface area contributed by atoms with E-state index in [0.717, 1.165) is 19.6 Å². The van der Waals surface area contributed by atoms with E-state index < -0.39 is 10.0 Å². The Hall–Kier alpha value is -0.630. The molecule has 1 heterocycles. The fourth-order valence-electron chi connectivity index (χ4n) is 2.29. The van der Waals surface area contributed by atoms with Gasteiger partial charge in [-0.1, -0.05) is 6.42 Å². The van der Waals surface area contributed by atoms with Crippen LogP contribution in [0.15, 0.2) is 27.6 Å². The molecule has 1 aromatic rings. The average Bonchev–Trinajstić information content (AvgIpc) is 2.43. The highest BCUT2D eigenvalue weighted by molar-refractivity contribution is 9.10. The first-order valence-corrected chi connectivity index (χ1v) is 9.04. The Morgan fingerprint density at radius 3 is 2.60 bits per heavy atom. The third kappa shape index (κ3) is 4.18. The third-order valence-electron chi connectivity index (χ3n) is 3.45. The van der Waals surface area contributed by atoms with E-state index in [9.17, 15) is 8.42 Å². The summed E-state index contributed by atoms with van der Waals surface area (Å²) in [5.74, 6) is 0. The Kier molecular flexibility index (Phi) is 5.42. The van der Waals surface area contributed by atoms with Gasteiger partial charge in [0.2, 0.25) is 10.0 Å². The standard InChI is InChI=1S/C13H20BrN3O2S/c14-12-5-4-11(10-13(12)15)20(18,19)16-6-9-17-7-2-1-3-8-17/h4-5,10,16H,1-3,6-9,15H2. The minimum atomic E-state index is -3.48. The molecule has 0 aliphatic carbocycles. The van der Waals surface area contributed by atoms with Gasteiger partial charge in [-0.25, -0.2) is 13.1 Å². The zero-order chi connectivity index (χ0) is 14.6. The summed E-state index contributed by atoms with van der Waals surface area (Å²) >= 11 is 3.25. The fraction of sp³-hybridized carbons (Fsp3) is 0.538. The lowest BCUT2D eigenvalue weighted by Crippen LogP contribution is -2.37. The van der Waals surface area contributed by atoms with Crippen molar-refractivity contribution >= 4 is 31.6 Å². The molecule has 0 unspecified atom stereocenters. The molecule has 0 bridgehead atoms. The molecular weight excluding hydrogens is 342 g/mol. The van der Waals surface area contributed by atoms with Crippen LogP contribution in [0.4, 0.5) is 5.69 Å². The first-order valence-electron chi connectivity index (χ1n) is 6.76. The summed E-state index contributed by atoms with van der Waals surface area (Å²) in [5, 5.41) is 0. The van der Waals surface area contributed by atoms with Crippen molar-refractivity contribution < 1.29 is 8.42 Å². The Balaban J connectivity index is 1.91. The SMILES string of the molecule is Nc1cc(S(=O)(=O)NCCN2CCCCC2)ccc1Br. The molecule has 1 aliphatic heterocycles. The summed E-state index contributed by atoms with van der Waals surface area (Å²) in [6.07, 6.45) is 3.69. The lowest BCUT2D eigenvalue weighted by Gasteiger charge is -2.26. The van der Waals surface area contributed by atoms with Gasteiger partial charge < -0.3 is 10.6 Å². The average molecular weight is 362 g/mol. The van der Waals surface area contributed by atoms with Gasteiger partial charge in [-0.2, -0.15) is 0 Å². The highest BCUT2D eigenvalue weighted by atomic mass is 79.9. The number of sulfonamides is 1. The largest absolute Gasteiger partial charge is 0.398 e. The third-order valence-corrected chi connectivity index (χ3v) is 5.63. The number of nitrogen functional groups attached to an aromatic ring is 1. The van der Waals surface area contributed by atoms with E-state index in [1.807, 2.05) is 0 Å². The van der Waals surface area contributed by atoms with Crippen LogP contribution >= 0.6 is 15.9 Å². The first-order chi connectivity index (χ1) is 9.49. The Labute approximate surface area is 128 Å². The van der Waals surface area contributed by atoms with Crippen molar-refractivity contribution in [2.75, 3.05) is 31.9 Å². The van der Waals surface area contributed by atoms with Crippen molar-refractivity contribution in [3.63, 3.8) is 0 Å². The summed E-state index contributed by atoms with van der Waals surface area (Å²) in [6, 6.07) is 4.66. The molecular formula is C13H20BrN3O2S. The molecule has 0 spiro atoms. The maximum Gasteiger partial charge on any atom is 0.240 e. The summed E-state index contributed by atoms with van der Waals surface area (Å²) in [5.41, 5.74) is 6.14. The first kappa shape index (κ1) is 15.8. The number of nitrogens with one attached hydrogen (secondary N) is 1. The van der Waals surface area contributed by atoms with E-state index in [4.69, 9.17) is 5.73 Å². The van der Waals surface area contributed by atoms with Gasteiger partial charge in [-0.15, -0.1) is 0 Å². The lowest BCUT2D eigenvalue weighted by atomic mass is 10.1. The van der Waals surface area contributed by atoms with E-state index >= 15 is 0 Å². The zero-order valence-electron chi connectivity index (χ0n) is 11.3. The Bertz CT molecular complexity index is 557. The second kappa shape index (κ2) is 6.89. The van der Waals surface area contributed by atoms with E-state index in [-0.39, 0.29) is 4.90 Å². The van der Waals surface area contributed by atoms with Crippen LogP contribution in [0, 0.1) is 0 Å². The van der Waals surface area contributed by atoms with Crippen molar-refractivity contribution in [1.29, 1.82) is 0 Å². The fourth-order valence-corrected chi connectivity index (χ4v) is 3.60. The molecule has 1 fully saturated rings. The maximum absolute atomic E-state index is 12.1. The van der Waals surface area contributed by atoms with Gasteiger partial charge >= 0.3 is 0 Å². The molecule has 112 valence electrons. The topological polar surface area (TPSA) is 75.4 Å². The molecule has 1 saturated heterocycles. The van der Waals surface area contributed by atoms with Crippen molar-refractivity contribution in [3.05, 3.63) is 22.7 Å². The quantitative estimate of drug-likeness (QED) is 0.784. The van der Waals surface area contributed by atoms with Crippen LogP contribution in [-0.4, -0.2) is 39.5 Å². The number of nitrogens with zero attached hydrogens (tertiary/aromatic N) is 1. The van der Waals surface area contributed by atoms with Crippen LogP contribution in [0.5, 0.6) is 0 Å². The summed E-state index contributed by atoms with van der Waals surface area (Å²) in [6.45, 7) is 3.31. The van der Waals surface area contributed by atoms with Crippen LogP contribution in [0.2, 0.25) is 0 Å². The summed E-state index contributed by atoms with van der Waals surface area (Å²) in [4.78, 5) is 2.50. The molecule has 1 aliphatic rings. The molecule has 5 nitrogen and oxygen atoms in total. The predicted octanol–water partition coefficient (Wildman–Crippen LogP) is 1.80. The predicted molar refractivity (Wildman–Crippen MR) is 84.0 cm³/mol. The van der Waals surface area contributed by atoms with E-state index in [1.165, 1.54) is 25.3 Å². The van der Waals surface area contributed by atoms with Crippen LogP contribution in [0.1, 0.15) is 19.3 Å². The number of anilines is 1. The number of likely N-dealkylation sites (tertiary alicyclic amines) is 1. The number of nitrogens with two attached hydrogens (primary N) is 1. The van der Waals surface area contributed by atoms with Gasteiger partial charge in [0.05, 0.1) is 4.90 Å². The Morgan fingerprint density at radius 2 is 1.95 bits per heavy atom. The van der Waals surface area contributed by atoms with Gasteiger partial charge in [0.15, 0.2) is 0 Å². The van der Waals surface area contributed by atoms with Crippen molar-refractivity contribution in [2.45, 2.75) is 24.2 Å². The molecule has 0 amide bonds. The number of halogens is 1. The van der Waals surface area contributed by atoms with Gasteiger partial charge in [0, 0.05) is 23.2 Å². The van der Waals surface area contributed by atoms with Crippen LogP contribution in [-0.2, 0) is 10.0 Å². The number of benzene rings is 1. The Morgan fingerprint density at radius 1 is 1.25 bits per heavy atom. The number of rotatable bonds is 5.